The van der Waals surface area contributed by atoms with Crippen LogP contribution in [0, 0.1) is 0 Å². The van der Waals surface area contributed by atoms with Crippen molar-refractivity contribution in [3.8, 4) is 0 Å². The maximum atomic E-state index is 12.1. The molecule has 0 aromatic heterocycles. The highest BCUT2D eigenvalue weighted by Crippen LogP contribution is 2.13. The van der Waals surface area contributed by atoms with Gasteiger partial charge in [-0.25, -0.2) is 24.2 Å². The zero-order chi connectivity index (χ0) is 18.5. The maximum absolute atomic E-state index is 12.1. The largest absolute Gasteiger partial charge is 0.462 e. The zero-order valence-electron chi connectivity index (χ0n) is 14.5. The van der Waals surface area contributed by atoms with Gasteiger partial charge < -0.3 is 4.74 Å². The molecule has 0 heterocycles. The van der Waals surface area contributed by atoms with Gasteiger partial charge in [0, 0.05) is 6.08 Å². The SMILES string of the molecule is C=CC(=O)OOC(=O)c1ccccc1C(=O)OCCCCCCCC. The van der Waals surface area contributed by atoms with E-state index in [4.69, 9.17) is 4.74 Å². The van der Waals surface area contributed by atoms with E-state index in [1.807, 2.05) is 0 Å². The molecule has 0 aliphatic heterocycles. The molecule has 0 bridgehead atoms. The van der Waals surface area contributed by atoms with Crippen LogP contribution in [0.1, 0.15) is 66.2 Å². The number of benzene rings is 1. The third kappa shape index (κ3) is 7.65. The molecular weight excluding hydrogens is 324 g/mol. The molecule has 25 heavy (non-hydrogen) atoms. The zero-order valence-corrected chi connectivity index (χ0v) is 14.5. The van der Waals surface area contributed by atoms with E-state index in [0.717, 1.165) is 25.3 Å². The molecule has 0 radical (unpaired) electrons. The van der Waals surface area contributed by atoms with Crippen molar-refractivity contribution in [2.24, 2.45) is 0 Å². The molecule has 0 atom stereocenters. The van der Waals surface area contributed by atoms with Gasteiger partial charge in [-0.2, -0.15) is 0 Å². The molecule has 6 nitrogen and oxygen atoms in total. The van der Waals surface area contributed by atoms with Gasteiger partial charge in [-0.1, -0.05) is 57.7 Å². The number of carbonyl (C=O) groups is 3. The minimum absolute atomic E-state index is 0.0349. The van der Waals surface area contributed by atoms with E-state index < -0.39 is 17.9 Å². The van der Waals surface area contributed by atoms with Gasteiger partial charge >= 0.3 is 17.9 Å². The van der Waals surface area contributed by atoms with Crippen molar-refractivity contribution in [2.45, 2.75) is 45.4 Å². The van der Waals surface area contributed by atoms with Crippen LogP contribution in [0.2, 0.25) is 0 Å². The summed E-state index contributed by atoms with van der Waals surface area (Å²) in [6.45, 7) is 5.63. The molecule has 0 saturated carbocycles. The normalized spacial score (nSPS) is 9.96. The molecule has 0 fully saturated rings. The van der Waals surface area contributed by atoms with Gasteiger partial charge in [0.2, 0.25) is 0 Å². The second-order valence-corrected chi connectivity index (χ2v) is 5.43. The van der Waals surface area contributed by atoms with E-state index in [2.05, 4.69) is 23.3 Å². The number of esters is 1. The standard InChI is InChI=1S/C19H24O6/c1-3-5-6-7-8-11-14-23-18(21)15-12-9-10-13-16(15)19(22)25-24-17(20)4-2/h4,9-10,12-13H,2-3,5-8,11,14H2,1H3. The first-order valence-electron chi connectivity index (χ1n) is 8.41. The van der Waals surface area contributed by atoms with Crippen molar-refractivity contribution in [1.82, 2.24) is 0 Å². The van der Waals surface area contributed by atoms with E-state index in [9.17, 15) is 14.4 Å². The first-order chi connectivity index (χ1) is 12.1. The first-order valence-corrected chi connectivity index (χ1v) is 8.41. The monoisotopic (exact) mass is 348 g/mol. The molecule has 136 valence electrons. The molecule has 0 amide bonds. The lowest BCUT2D eigenvalue weighted by molar-refractivity contribution is -0.228. The number of hydrogen-bond acceptors (Lipinski definition) is 6. The van der Waals surface area contributed by atoms with Crippen LogP contribution < -0.4 is 0 Å². The lowest BCUT2D eigenvalue weighted by atomic mass is 10.1. The van der Waals surface area contributed by atoms with Gasteiger partial charge in [-0.05, 0) is 18.6 Å². The van der Waals surface area contributed by atoms with Gasteiger partial charge in [0.1, 0.15) is 0 Å². The second kappa shape index (κ2) is 11.8. The fourth-order valence-electron chi connectivity index (χ4n) is 2.12. The Kier molecular flexibility index (Phi) is 9.67. The van der Waals surface area contributed by atoms with Crippen LogP contribution in [0.4, 0.5) is 0 Å². The lowest BCUT2D eigenvalue weighted by Crippen LogP contribution is -2.15. The molecule has 0 N–H and O–H groups in total. The summed E-state index contributed by atoms with van der Waals surface area (Å²) < 4.78 is 5.20. The van der Waals surface area contributed by atoms with E-state index >= 15 is 0 Å². The molecule has 0 spiro atoms. The predicted molar refractivity (Wildman–Crippen MR) is 91.8 cm³/mol. The van der Waals surface area contributed by atoms with Crippen molar-refractivity contribution >= 4 is 17.9 Å². The Labute approximate surface area is 147 Å². The lowest BCUT2D eigenvalue weighted by Gasteiger charge is -2.08. The van der Waals surface area contributed by atoms with Crippen LogP contribution in [-0.2, 0) is 19.3 Å². The topological polar surface area (TPSA) is 78.9 Å². The van der Waals surface area contributed by atoms with Crippen LogP contribution in [0.5, 0.6) is 0 Å². The van der Waals surface area contributed by atoms with Gasteiger partial charge in [0.25, 0.3) is 0 Å². The highest BCUT2D eigenvalue weighted by Gasteiger charge is 2.20. The molecule has 0 aliphatic rings. The molecule has 1 aromatic rings. The number of hydrogen-bond donors (Lipinski definition) is 0. The minimum Gasteiger partial charge on any atom is -0.462 e. The Bertz CT molecular complexity index is 593. The van der Waals surface area contributed by atoms with E-state index in [1.165, 1.54) is 31.4 Å². The average Bonchev–Trinajstić information content (AvgIpc) is 2.64. The summed E-state index contributed by atoms with van der Waals surface area (Å²) in [5.74, 6) is -2.48. The van der Waals surface area contributed by atoms with Gasteiger partial charge in [0.15, 0.2) is 0 Å². The van der Waals surface area contributed by atoms with Crippen LogP contribution in [-0.4, -0.2) is 24.5 Å². The van der Waals surface area contributed by atoms with Gasteiger partial charge in [-0.3, -0.25) is 0 Å². The van der Waals surface area contributed by atoms with Crippen molar-refractivity contribution in [1.29, 1.82) is 0 Å². The summed E-state index contributed by atoms with van der Waals surface area (Å²) in [5, 5.41) is 0. The Morgan fingerprint density at radius 3 is 2.16 bits per heavy atom. The predicted octanol–water partition coefficient (Wildman–Crippen LogP) is 4.00. The Hall–Kier alpha value is -2.63. The van der Waals surface area contributed by atoms with E-state index in [-0.39, 0.29) is 11.1 Å². The third-order valence-electron chi connectivity index (χ3n) is 3.46. The highest BCUT2D eigenvalue weighted by atomic mass is 17.2. The fraction of sp³-hybridized carbons (Fsp3) is 0.421. The average molecular weight is 348 g/mol. The van der Waals surface area contributed by atoms with Crippen molar-refractivity contribution in [2.75, 3.05) is 6.61 Å². The number of carbonyl (C=O) groups excluding carboxylic acids is 3. The number of ether oxygens (including phenoxy) is 1. The fourth-order valence-corrected chi connectivity index (χ4v) is 2.12. The Balaban J connectivity index is 2.51. The molecule has 0 saturated heterocycles. The summed E-state index contributed by atoms with van der Waals surface area (Å²) in [7, 11) is 0. The smallest absolute Gasteiger partial charge is 0.387 e. The van der Waals surface area contributed by atoms with Crippen molar-refractivity contribution in [3.63, 3.8) is 0 Å². The summed E-state index contributed by atoms with van der Waals surface area (Å²) in [5.41, 5.74) is 0.0282. The molecule has 6 heteroatoms. The molecular formula is C19H24O6. The molecule has 1 aromatic carbocycles. The van der Waals surface area contributed by atoms with Crippen molar-refractivity contribution in [3.05, 3.63) is 48.0 Å². The van der Waals surface area contributed by atoms with Crippen LogP contribution in [0.3, 0.4) is 0 Å². The summed E-state index contributed by atoms with van der Waals surface area (Å²) in [4.78, 5) is 43.6. The maximum Gasteiger partial charge on any atom is 0.387 e. The first kappa shape index (κ1) is 20.4. The molecule has 0 aliphatic carbocycles. The van der Waals surface area contributed by atoms with Crippen LogP contribution in [0.15, 0.2) is 36.9 Å². The quantitative estimate of drug-likeness (QED) is 0.209. The summed E-state index contributed by atoms with van der Waals surface area (Å²) in [6.07, 6.45) is 7.32. The summed E-state index contributed by atoms with van der Waals surface area (Å²) >= 11 is 0. The third-order valence-corrected chi connectivity index (χ3v) is 3.46. The molecule has 1 rings (SSSR count). The van der Waals surface area contributed by atoms with Crippen LogP contribution >= 0.6 is 0 Å². The second-order valence-electron chi connectivity index (χ2n) is 5.43. The number of unbranched alkanes of at least 4 members (excludes halogenated alkanes) is 5. The van der Waals surface area contributed by atoms with Crippen LogP contribution in [0.25, 0.3) is 0 Å². The van der Waals surface area contributed by atoms with Crippen molar-refractivity contribution < 1.29 is 28.9 Å². The minimum atomic E-state index is -0.956. The van der Waals surface area contributed by atoms with Gasteiger partial charge in [-0.15, -0.1) is 0 Å². The van der Waals surface area contributed by atoms with Gasteiger partial charge in [0.05, 0.1) is 17.7 Å². The van der Waals surface area contributed by atoms with E-state index in [0.29, 0.717) is 6.61 Å². The Morgan fingerprint density at radius 1 is 0.920 bits per heavy atom. The Morgan fingerprint density at radius 2 is 1.52 bits per heavy atom. The summed E-state index contributed by atoms with van der Waals surface area (Å²) in [6, 6.07) is 6.02. The highest BCUT2D eigenvalue weighted by molar-refractivity contribution is 6.03. The van der Waals surface area contributed by atoms with E-state index in [1.54, 1.807) is 12.1 Å². The molecule has 0 unspecified atom stereocenters. The number of rotatable bonds is 10.